The van der Waals surface area contributed by atoms with Crippen LogP contribution in [0.25, 0.3) is 0 Å². The van der Waals surface area contributed by atoms with E-state index < -0.39 is 42.8 Å². The number of carbonyl (C=O) groups excluding carboxylic acids is 3. The van der Waals surface area contributed by atoms with Gasteiger partial charge in [0.15, 0.2) is 0 Å². The molecule has 0 aromatic heterocycles. The molecule has 168 valence electrons. The van der Waals surface area contributed by atoms with Gasteiger partial charge in [-0.3, -0.25) is 9.59 Å². The number of benzene rings is 1. The van der Waals surface area contributed by atoms with Gasteiger partial charge in [0.1, 0.15) is 11.4 Å². The Kier molecular flexibility index (Phi) is 8.94. The molecular weight excluding hydrogens is 407 g/mol. The number of amides is 3. The lowest BCUT2D eigenvalue weighted by Crippen LogP contribution is -2.48. The Balaban J connectivity index is 2.60. The molecule has 0 saturated heterocycles. The van der Waals surface area contributed by atoms with Crippen molar-refractivity contribution in [3.05, 3.63) is 29.8 Å². The number of halogens is 3. The van der Waals surface area contributed by atoms with Crippen molar-refractivity contribution in [2.75, 3.05) is 33.3 Å². The summed E-state index contributed by atoms with van der Waals surface area (Å²) in [7, 11) is 1.47. The van der Waals surface area contributed by atoms with Crippen LogP contribution in [0.4, 0.5) is 18.0 Å². The number of hydrogen-bond donors (Lipinski definition) is 2. The molecule has 0 saturated carbocycles. The second-order valence-corrected chi connectivity index (χ2v) is 7.20. The highest BCUT2D eigenvalue weighted by Gasteiger charge is 2.42. The van der Waals surface area contributed by atoms with Gasteiger partial charge in [-0.25, -0.2) is 4.79 Å². The smallest absolute Gasteiger partial charge is 0.471 e. The van der Waals surface area contributed by atoms with Gasteiger partial charge >= 0.3 is 18.2 Å². The summed E-state index contributed by atoms with van der Waals surface area (Å²) in [5.41, 5.74) is -0.479. The Morgan fingerprint density at radius 1 is 0.967 bits per heavy atom. The third-order valence-corrected chi connectivity index (χ3v) is 3.60. The monoisotopic (exact) mass is 433 g/mol. The SMILES string of the molecule is COc1ccc(C(=O)NCCN(CCNC(=O)OC(C)(C)C)C(=O)C(F)(F)F)cc1. The average molecular weight is 433 g/mol. The molecule has 0 aliphatic carbocycles. The van der Waals surface area contributed by atoms with Crippen LogP contribution in [0.5, 0.6) is 5.75 Å². The topological polar surface area (TPSA) is 97.0 Å². The van der Waals surface area contributed by atoms with Crippen LogP contribution in [0.2, 0.25) is 0 Å². The van der Waals surface area contributed by atoms with Gasteiger partial charge in [-0.15, -0.1) is 0 Å². The van der Waals surface area contributed by atoms with Crippen molar-refractivity contribution < 1.29 is 37.0 Å². The molecule has 0 aliphatic heterocycles. The van der Waals surface area contributed by atoms with Gasteiger partial charge in [-0.2, -0.15) is 13.2 Å². The molecular formula is C19H26F3N3O5. The predicted molar refractivity (Wildman–Crippen MR) is 102 cm³/mol. The number of alkyl carbamates (subject to hydrolysis) is 1. The predicted octanol–water partition coefficient (Wildman–Crippen LogP) is 2.34. The number of rotatable bonds is 8. The van der Waals surface area contributed by atoms with E-state index in [1.165, 1.54) is 19.2 Å². The number of ether oxygens (including phenoxy) is 2. The van der Waals surface area contributed by atoms with Crippen LogP contribution in [0.15, 0.2) is 24.3 Å². The Labute approximate surface area is 172 Å². The van der Waals surface area contributed by atoms with E-state index in [0.717, 1.165) is 0 Å². The second kappa shape index (κ2) is 10.7. The Morgan fingerprint density at radius 3 is 1.97 bits per heavy atom. The third kappa shape index (κ3) is 9.01. The highest BCUT2D eigenvalue weighted by atomic mass is 19.4. The molecule has 1 aromatic rings. The van der Waals surface area contributed by atoms with E-state index >= 15 is 0 Å². The minimum absolute atomic E-state index is 0.209. The van der Waals surface area contributed by atoms with Gasteiger partial charge in [-0.1, -0.05) is 0 Å². The van der Waals surface area contributed by atoms with Gasteiger partial charge in [0.2, 0.25) is 0 Å². The molecule has 0 heterocycles. The molecule has 2 N–H and O–H groups in total. The molecule has 0 unspecified atom stereocenters. The van der Waals surface area contributed by atoms with Gasteiger partial charge in [-0.05, 0) is 45.0 Å². The molecule has 0 bridgehead atoms. The number of nitrogens with one attached hydrogen (secondary N) is 2. The lowest BCUT2D eigenvalue weighted by Gasteiger charge is -2.25. The average Bonchev–Trinajstić information content (AvgIpc) is 2.64. The summed E-state index contributed by atoms with van der Waals surface area (Å²) in [5.74, 6) is -2.03. The maximum atomic E-state index is 12.8. The molecule has 1 rings (SSSR count). The Morgan fingerprint density at radius 2 is 1.50 bits per heavy atom. The lowest BCUT2D eigenvalue weighted by atomic mass is 10.2. The molecule has 0 fully saturated rings. The molecule has 3 amide bonds. The van der Waals surface area contributed by atoms with Crippen LogP contribution in [0.3, 0.4) is 0 Å². The van der Waals surface area contributed by atoms with Crippen molar-refractivity contribution in [1.82, 2.24) is 15.5 Å². The van der Waals surface area contributed by atoms with Gasteiger partial charge < -0.3 is 25.0 Å². The van der Waals surface area contributed by atoms with Crippen molar-refractivity contribution in [2.24, 2.45) is 0 Å². The summed E-state index contributed by atoms with van der Waals surface area (Å²) in [6.07, 6.45) is -5.89. The first-order chi connectivity index (χ1) is 13.8. The lowest BCUT2D eigenvalue weighted by molar-refractivity contribution is -0.185. The van der Waals surface area contributed by atoms with Crippen molar-refractivity contribution in [3.63, 3.8) is 0 Å². The molecule has 0 aliphatic rings. The van der Waals surface area contributed by atoms with Crippen LogP contribution in [0, 0.1) is 0 Å². The van der Waals surface area contributed by atoms with Crippen LogP contribution in [-0.4, -0.2) is 67.9 Å². The van der Waals surface area contributed by atoms with Crippen LogP contribution < -0.4 is 15.4 Å². The summed E-state index contributed by atoms with van der Waals surface area (Å²) < 4.78 is 48.4. The van der Waals surface area contributed by atoms with E-state index in [9.17, 15) is 27.6 Å². The van der Waals surface area contributed by atoms with Crippen LogP contribution >= 0.6 is 0 Å². The van der Waals surface area contributed by atoms with E-state index in [2.05, 4.69) is 10.6 Å². The zero-order valence-electron chi connectivity index (χ0n) is 17.3. The third-order valence-electron chi connectivity index (χ3n) is 3.60. The van der Waals surface area contributed by atoms with E-state index in [1.807, 2.05) is 0 Å². The summed E-state index contributed by atoms with van der Waals surface area (Å²) in [6, 6.07) is 6.13. The van der Waals surface area contributed by atoms with E-state index in [4.69, 9.17) is 9.47 Å². The van der Waals surface area contributed by atoms with E-state index in [1.54, 1.807) is 32.9 Å². The molecule has 11 heteroatoms. The first kappa shape index (κ1) is 25.1. The highest BCUT2D eigenvalue weighted by molar-refractivity contribution is 5.94. The molecule has 0 atom stereocenters. The first-order valence-electron chi connectivity index (χ1n) is 9.08. The van der Waals surface area contributed by atoms with Crippen molar-refractivity contribution in [3.8, 4) is 5.75 Å². The summed E-state index contributed by atoms with van der Waals surface area (Å²) >= 11 is 0. The normalized spacial score (nSPS) is 11.4. The van der Waals surface area contributed by atoms with Crippen LogP contribution in [-0.2, 0) is 9.53 Å². The Hall–Kier alpha value is -2.98. The van der Waals surface area contributed by atoms with Gasteiger partial charge in [0.25, 0.3) is 5.91 Å². The molecule has 0 radical (unpaired) electrons. The fourth-order valence-electron chi connectivity index (χ4n) is 2.25. The first-order valence-corrected chi connectivity index (χ1v) is 9.08. The standard InChI is InChI=1S/C19H26F3N3O5/c1-18(2,3)30-17(28)24-10-12-25(16(27)19(20,21)22)11-9-23-15(26)13-5-7-14(29-4)8-6-13/h5-8H,9-12H2,1-4H3,(H,23,26)(H,24,28). The number of nitrogens with zero attached hydrogens (tertiary/aromatic N) is 1. The Bertz CT molecular complexity index is 730. The number of alkyl halides is 3. The zero-order chi connectivity index (χ0) is 22.9. The van der Waals surface area contributed by atoms with E-state index in [0.29, 0.717) is 10.6 Å². The number of carbonyl (C=O) groups is 3. The second-order valence-electron chi connectivity index (χ2n) is 7.20. The minimum Gasteiger partial charge on any atom is -0.497 e. The highest BCUT2D eigenvalue weighted by Crippen LogP contribution is 2.18. The fraction of sp³-hybridized carbons (Fsp3) is 0.526. The number of hydrogen-bond acceptors (Lipinski definition) is 5. The molecule has 1 aromatic carbocycles. The molecule has 8 nitrogen and oxygen atoms in total. The molecule has 0 spiro atoms. The van der Waals surface area contributed by atoms with E-state index in [-0.39, 0.29) is 18.7 Å². The van der Waals surface area contributed by atoms with Crippen molar-refractivity contribution >= 4 is 17.9 Å². The fourth-order valence-corrected chi connectivity index (χ4v) is 2.25. The quantitative estimate of drug-likeness (QED) is 0.656. The maximum Gasteiger partial charge on any atom is 0.471 e. The van der Waals surface area contributed by atoms with Crippen molar-refractivity contribution in [2.45, 2.75) is 32.5 Å². The van der Waals surface area contributed by atoms with Gasteiger partial charge in [0.05, 0.1) is 7.11 Å². The number of methoxy groups -OCH3 is 1. The van der Waals surface area contributed by atoms with Crippen molar-refractivity contribution in [1.29, 1.82) is 0 Å². The zero-order valence-corrected chi connectivity index (χ0v) is 17.3. The summed E-state index contributed by atoms with van der Waals surface area (Å²) in [5, 5.41) is 4.74. The maximum absolute atomic E-state index is 12.8. The summed E-state index contributed by atoms with van der Waals surface area (Å²) in [4.78, 5) is 35.8. The molecule has 30 heavy (non-hydrogen) atoms. The summed E-state index contributed by atoms with van der Waals surface area (Å²) in [6.45, 7) is 3.65. The van der Waals surface area contributed by atoms with Crippen LogP contribution in [0.1, 0.15) is 31.1 Å². The van der Waals surface area contributed by atoms with Gasteiger partial charge in [0, 0.05) is 31.7 Å². The largest absolute Gasteiger partial charge is 0.497 e. The minimum atomic E-state index is -5.08.